The number of benzene rings is 2. The van der Waals surface area contributed by atoms with E-state index in [0.29, 0.717) is 12.1 Å². The second-order valence-corrected chi connectivity index (χ2v) is 5.63. The fourth-order valence-corrected chi connectivity index (χ4v) is 2.61. The highest BCUT2D eigenvalue weighted by molar-refractivity contribution is 6.20. The van der Waals surface area contributed by atoms with Crippen molar-refractivity contribution < 1.29 is 0 Å². The molecule has 0 fully saturated rings. The second-order valence-electron chi connectivity index (χ2n) is 4.97. The molecule has 0 bridgehead atoms. The van der Waals surface area contributed by atoms with Gasteiger partial charge in [0.25, 0.3) is 0 Å². The quantitative estimate of drug-likeness (QED) is 0.678. The van der Waals surface area contributed by atoms with Gasteiger partial charge in [-0.2, -0.15) is 5.26 Å². The van der Waals surface area contributed by atoms with Crippen LogP contribution in [0.3, 0.4) is 0 Å². The van der Waals surface area contributed by atoms with Crippen molar-refractivity contribution >= 4 is 22.6 Å². The molecular weight excluding hydrogens is 282 g/mol. The van der Waals surface area contributed by atoms with Crippen LogP contribution in [0, 0.1) is 11.3 Å². The van der Waals surface area contributed by atoms with E-state index in [1.165, 1.54) is 5.56 Å². The number of hydrogen-bond acceptors (Lipinski definition) is 2. The first-order valence-corrected chi connectivity index (χ1v) is 7.21. The van der Waals surface area contributed by atoms with Crippen LogP contribution in [0.1, 0.15) is 29.3 Å². The van der Waals surface area contributed by atoms with Crippen molar-refractivity contribution in [3.8, 4) is 6.07 Å². The topological polar surface area (TPSA) is 41.6 Å². The Kier molecular flexibility index (Phi) is 3.64. The molecule has 0 saturated heterocycles. The van der Waals surface area contributed by atoms with Gasteiger partial charge in [-0.3, -0.25) is 0 Å². The molecule has 1 unspecified atom stereocenters. The van der Waals surface area contributed by atoms with Gasteiger partial charge in [-0.1, -0.05) is 30.3 Å². The number of hydrogen-bond donors (Lipinski definition) is 0. The maximum atomic E-state index is 9.09. The van der Waals surface area contributed by atoms with E-state index in [2.05, 4.69) is 27.8 Å². The van der Waals surface area contributed by atoms with Crippen molar-refractivity contribution in [2.75, 3.05) is 0 Å². The molecule has 0 saturated carbocycles. The third kappa shape index (κ3) is 2.63. The van der Waals surface area contributed by atoms with E-state index in [-0.39, 0.29) is 5.38 Å². The second kappa shape index (κ2) is 5.59. The zero-order chi connectivity index (χ0) is 14.8. The van der Waals surface area contributed by atoms with E-state index in [1.807, 2.05) is 37.3 Å². The van der Waals surface area contributed by atoms with Gasteiger partial charge >= 0.3 is 0 Å². The van der Waals surface area contributed by atoms with Crippen LogP contribution in [0.5, 0.6) is 0 Å². The minimum absolute atomic E-state index is 0.188. The summed E-state index contributed by atoms with van der Waals surface area (Å²) < 4.78 is 2.09. The lowest BCUT2D eigenvalue weighted by molar-refractivity contribution is 0.742. The summed E-state index contributed by atoms with van der Waals surface area (Å²) in [5.41, 5.74) is 3.62. The number of imidazole rings is 1. The molecule has 3 nitrogen and oxygen atoms in total. The van der Waals surface area contributed by atoms with Gasteiger partial charge in [0.05, 0.1) is 28.0 Å². The largest absolute Gasteiger partial charge is 0.322 e. The van der Waals surface area contributed by atoms with Crippen LogP contribution < -0.4 is 0 Å². The Morgan fingerprint density at radius 3 is 2.67 bits per heavy atom. The number of aromatic nitrogens is 2. The molecule has 0 spiro atoms. The van der Waals surface area contributed by atoms with Gasteiger partial charge in [-0.15, -0.1) is 11.6 Å². The average molecular weight is 296 g/mol. The summed E-state index contributed by atoms with van der Waals surface area (Å²) in [6.45, 7) is 2.61. The molecule has 21 heavy (non-hydrogen) atoms. The highest BCUT2D eigenvalue weighted by Crippen LogP contribution is 2.26. The Hall–Kier alpha value is -2.31. The van der Waals surface area contributed by atoms with Crippen molar-refractivity contribution in [1.82, 2.24) is 9.55 Å². The number of rotatable bonds is 3. The van der Waals surface area contributed by atoms with Gasteiger partial charge in [0.15, 0.2) is 0 Å². The van der Waals surface area contributed by atoms with Crippen LogP contribution in [-0.4, -0.2) is 9.55 Å². The number of fused-ring (bicyclic) bond motifs is 1. The van der Waals surface area contributed by atoms with E-state index in [1.54, 1.807) is 6.07 Å². The molecule has 3 rings (SSSR count). The third-order valence-corrected chi connectivity index (χ3v) is 3.64. The maximum Gasteiger partial charge on any atom is 0.128 e. The smallest absolute Gasteiger partial charge is 0.128 e. The number of halogens is 1. The molecule has 1 aromatic heterocycles. The third-order valence-electron chi connectivity index (χ3n) is 3.45. The Labute approximate surface area is 128 Å². The molecule has 0 radical (unpaired) electrons. The lowest BCUT2D eigenvalue weighted by Gasteiger charge is -2.10. The molecule has 104 valence electrons. The molecule has 1 heterocycles. The minimum Gasteiger partial charge on any atom is -0.322 e. The van der Waals surface area contributed by atoms with Crippen molar-refractivity contribution in [3.63, 3.8) is 0 Å². The molecule has 0 aliphatic rings. The Bertz CT molecular complexity index is 813. The van der Waals surface area contributed by atoms with E-state index in [0.717, 1.165) is 16.9 Å². The Morgan fingerprint density at radius 1 is 1.24 bits per heavy atom. The Morgan fingerprint density at radius 2 is 2.00 bits per heavy atom. The summed E-state index contributed by atoms with van der Waals surface area (Å²) in [6.07, 6.45) is 0. The van der Waals surface area contributed by atoms with E-state index < -0.39 is 0 Å². The van der Waals surface area contributed by atoms with Crippen molar-refractivity contribution in [3.05, 3.63) is 65.5 Å². The molecule has 0 amide bonds. The first-order chi connectivity index (χ1) is 10.2. The molecule has 1 atom stereocenters. The zero-order valence-corrected chi connectivity index (χ0v) is 12.4. The molecule has 0 aliphatic heterocycles. The summed E-state index contributed by atoms with van der Waals surface area (Å²) in [7, 11) is 0. The van der Waals surface area contributed by atoms with Gasteiger partial charge in [-0.05, 0) is 30.7 Å². The summed E-state index contributed by atoms with van der Waals surface area (Å²) in [5.74, 6) is 0.825. The highest BCUT2D eigenvalue weighted by Gasteiger charge is 2.15. The lowest BCUT2D eigenvalue weighted by Crippen LogP contribution is -2.05. The van der Waals surface area contributed by atoms with Crippen molar-refractivity contribution in [1.29, 1.82) is 5.26 Å². The van der Waals surface area contributed by atoms with E-state index >= 15 is 0 Å². The van der Waals surface area contributed by atoms with Crippen LogP contribution in [-0.2, 0) is 6.54 Å². The standard InChI is InChI=1S/C17H14ClN3/c1-12(18)17-20-15-8-7-14(10-19)9-16(15)21(17)11-13-5-3-2-4-6-13/h2-9,12H,11H2,1H3. The fourth-order valence-electron chi connectivity index (χ4n) is 2.45. The zero-order valence-electron chi connectivity index (χ0n) is 11.6. The number of alkyl halides is 1. The molecular formula is C17H14ClN3. The van der Waals surface area contributed by atoms with Crippen LogP contribution in [0.25, 0.3) is 11.0 Å². The van der Waals surface area contributed by atoms with Crippen molar-refractivity contribution in [2.24, 2.45) is 0 Å². The van der Waals surface area contributed by atoms with Crippen LogP contribution in [0.4, 0.5) is 0 Å². The fraction of sp³-hybridized carbons (Fsp3) is 0.176. The number of nitrogens with zero attached hydrogens (tertiary/aromatic N) is 3. The van der Waals surface area contributed by atoms with Crippen LogP contribution in [0.15, 0.2) is 48.5 Å². The van der Waals surface area contributed by atoms with Crippen LogP contribution in [0.2, 0.25) is 0 Å². The maximum absolute atomic E-state index is 9.09. The summed E-state index contributed by atoms with van der Waals surface area (Å²) in [5, 5.41) is 8.90. The highest BCUT2D eigenvalue weighted by atomic mass is 35.5. The number of nitriles is 1. The van der Waals surface area contributed by atoms with Gasteiger partial charge in [0.1, 0.15) is 5.82 Å². The lowest BCUT2D eigenvalue weighted by atomic mass is 10.2. The molecule has 2 aromatic carbocycles. The summed E-state index contributed by atoms with van der Waals surface area (Å²) >= 11 is 6.27. The SMILES string of the molecule is CC(Cl)c1nc2ccc(C#N)cc2n1Cc1ccccc1. The van der Waals surface area contributed by atoms with Crippen molar-refractivity contribution in [2.45, 2.75) is 18.8 Å². The molecule has 3 aromatic rings. The molecule has 0 N–H and O–H groups in total. The minimum atomic E-state index is -0.188. The molecule has 4 heteroatoms. The Balaban J connectivity index is 2.17. The average Bonchev–Trinajstić information content (AvgIpc) is 2.86. The van der Waals surface area contributed by atoms with Gasteiger partial charge in [0.2, 0.25) is 0 Å². The summed E-state index contributed by atoms with van der Waals surface area (Å²) in [4.78, 5) is 4.61. The normalized spacial score (nSPS) is 12.2. The first-order valence-electron chi connectivity index (χ1n) is 6.77. The van der Waals surface area contributed by atoms with Gasteiger partial charge in [-0.25, -0.2) is 4.98 Å². The van der Waals surface area contributed by atoms with E-state index in [9.17, 15) is 0 Å². The monoisotopic (exact) mass is 295 g/mol. The predicted molar refractivity (Wildman–Crippen MR) is 84.3 cm³/mol. The van der Waals surface area contributed by atoms with Gasteiger partial charge < -0.3 is 4.57 Å². The molecule has 0 aliphatic carbocycles. The van der Waals surface area contributed by atoms with E-state index in [4.69, 9.17) is 16.9 Å². The summed E-state index contributed by atoms with van der Waals surface area (Å²) in [6, 6.07) is 17.9. The first kappa shape index (κ1) is 13.7. The van der Waals surface area contributed by atoms with Gasteiger partial charge in [0, 0.05) is 6.54 Å². The van der Waals surface area contributed by atoms with Crippen LogP contribution >= 0.6 is 11.6 Å². The predicted octanol–water partition coefficient (Wildman–Crippen LogP) is 4.26.